The van der Waals surface area contributed by atoms with Crippen molar-refractivity contribution in [3.8, 4) is 6.07 Å². The Morgan fingerprint density at radius 1 is 1.31 bits per heavy atom. The zero-order valence-corrected chi connectivity index (χ0v) is 18.7. The molecule has 0 aliphatic heterocycles. The molecule has 2 aromatic carbocycles. The summed E-state index contributed by atoms with van der Waals surface area (Å²) in [6.45, 7) is 1.18. The summed E-state index contributed by atoms with van der Waals surface area (Å²) in [5, 5.41) is 19.4. The van der Waals surface area contributed by atoms with Crippen LogP contribution < -0.4 is 9.62 Å². The van der Waals surface area contributed by atoms with Crippen molar-refractivity contribution in [2.24, 2.45) is 0 Å². The monoisotopic (exact) mass is 474 g/mol. The first-order valence-corrected chi connectivity index (χ1v) is 12.0. The molecule has 0 saturated carbocycles. The van der Waals surface area contributed by atoms with Crippen LogP contribution in [0.25, 0.3) is 0 Å². The Bertz CT molecular complexity index is 1290. The molecular formula is C21H19FN4O4S2. The van der Waals surface area contributed by atoms with Crippen LogP contribution in [0.3, 0.4) is 0 Å². The maximum Gasteiger partial charge on any atom is 0.284 e. The number of thiazole rings is 1. The minimum absolute atomic E-state index is 0.0377. The molecule has 0 aliphatic carbocycles. The lowest BCUT2D eigenvalue weighted by molar-refractivity contribution is 0.0977. The molecular weight excluding hydrogens is 455 g/mol. The molecule has 0 aliphatic rings. The summed E-state index contributed by atoms with van der Waals surface area (Å²) in [5.41, 5.74) is 0.693. The lowest BCUT2D eigenvalue weighted by atomic mass is 10.1. The van der Waals surface area contributed by atoms with Gasteiger partial charge >= 0.3 is 0 Å². The summed E-state index contributed by atoms with van der Waals surface area (Å²) in [4.78, 5) is 18.5. The van der Waals surface area contributed by atoms with Gasteiger partial charge in [0.2, 0.25) is 10.0 Å². The Morgan fingerprint density at radius 2 is 2.00 bits per heavy atom. The number of benzene rings is 2. The van der Waals surface area contributed by atoms with Crippen LogP contribution in [0.2, 0.25) is 0 Å². The molecule has 11 heteroatoms. The van der Waals surface area contributed by atoms with Crippen molar-refractivity contribution >= 4 is 38.1 Å². The Kier molecular flexibility index (Phi) is 6.88. The molecule has 2 N–H and O–H groups in total. The molecule has 1 atom stereocenters. The van der Waals surface area contributed by atoms with Crippen molar-refractivity contribution in [2.45, 2.75) is 13.0 Å². The number of nitriles is 1. The predicted molar refractivity (Wildman–Crippen MR) is 119 cm³/mol. The number of amides is 1. The molecule has 0 spiro atoms. The molecule has 0 saturated heterocycles. The average molecular weight is 475 g/mol. The summed E-state index contributed by atoms with van der Waals surface area (Å²) in [6.07, 6.45) is 0.850. The molecule has 1 unspecified atom stereocenters. The van der Waals surface area contributed by atoms with Crippen LogP contribution in [-0.2, 0) is 10.0 Å². The molecule has 1 heterocycles. The highest BCUT2D eigenvalue weighted by atomic mass is 32.2. The van der Waals surface area contributed by atoms with Crippen molar-refractivity contribution in [1.29, 1.82) is 5.26 Å². The van der Waals surface area contributed by atoms with Crippen molar-refractivity contribution in [1.82, 2.24) is 9.71 Å². The average Bonchev–Trinajstić information content (AvgIpc) is 3.13. The highest BCUT2D eigenvalue weighted by molar-refractivity contribution is 7.89. The molecule has 3 aromatic rings. The van der Waals surface area contributed by atoms with Crippen molar-refractivity contribution in [3.63, 3.8) is 0 Å². The zero-order chi connectivity index (χ0) is 23.5. The summed E-state index contributed by atoms with van der Waals surface area (Å²) in [5.74, 6) is -1.62. The van der Waals surface area contributed by atoms with Crippen LogP contribution in [0, 0.1) is 24.1 Å². The summed E-state index contributed by atoms with van der Waals surface area (Å²) in [7, 11) is -3.81. The third-order valence-electron chi connectivity index (χ3n) is 4.49. The van der Waals surface area contributed by atoms with E-state index in [2.05, 4.69) is 4.98 Å². The Morgan fingerprint density at radius 3 is 2.56 bits per heavy atom. The van der Waals surface area contributed by atoms with Gasteiger partial charge in [0, 0.05) is 4.88 Å². The van der Waals surface area contributed by atoms with Crippen LogP contribution in [-0.4, -0.2) is 37.3 Å². The van der Waals surface area contributed by atoms with Gasteiger partial charge in [-0.3, -0.25) is 4.79 Å². The number of nitrogens with zero attached hydrogens (tertiary/aromatic N) is 3. The first-order chi connectivity index (χ1) is 15.1. The minimum Gasteiger partial charge on any atom is -0.394 e. The highest BCUT2D eigenvalue weighted by Crippen LogP contribution is 2.39. The van der Waals surface area contributed by atoms with E-state index >= 15 is 4.39 Å². The number of aromatic nitrogens is 1. The molecule has 0 radical (unpaired) electrons. The number of rotatable bonds is 7. The molecule has 0 bridgehead atoms. The van der Waals surface area contributed by atoms with Crippen LogP contribution in [0.4, 0.5) is 15.2 Å². The number of halogens is 1. The third kappa shape index (κ3) is 5.11. The van der Waals surface area contributed by atoms with E-state index in [9.17, 15) is 18.3 Å². The molecule has 1 amide bonds. The van der Waals surface area contributed by atoms with E-state index < -0.39 is 34.4 Å². The second kappa shape index (κ2) is 9.44. The summed E-state index contributed by atoms with van der Waals surface area (Å²) in [6, 6.07) is 13.8. The van der Waals surface area contributed by atoms with Gasteiger partial charge in [-0.2, -0.15) is 5.26 Å². The van der Waals surface area contributed by atoms with Crippen LogP contribution in [0.15, 0.2) is 48.5 Å². The summed E-state index contributed by atoms with van der Waals surface area (Å²) >= 11 is 1.05. The van der Waals surface area contributed by atoms with Gasteiger partial charge in [0.15, 0.2) is 5.13 Å². The predicted octanol–water partition coefficient (Wildman–Crippen LogP) is 3.02. The summed E-state index contributed by atoms with van der Waals surface area (Å²) < 4.78 is 39.8. The number of nitrogens with one attached hydrogen (secondary N) is 1. The number of aliphatic hydroxyl groups is 1. The molecule has 32 heavy (non-hydrogen) atoms. The van der Waals surface area contributed by atoms with Gasteiger partial charge in [0.25, 0.3) is 5.91 Å². The van der Waals surface area contributed by atoms with E-state index in [1.54, 1.807) is 37.3 Å². The quantitative estimate of drug-likeness (QED) is 0.539. The molecule has 166 valence electrons. The van der Waals surface area contributed by atoms with Gasteiger partial charge in [-0.25, -0.2) is 22.5 Å². The number of aryl methyl sites for hydroxylation is 1. The van der Waals surface area contributed by atoms with Crippen molar-refractivity contribution in [2.75, 3.05) is 17.8 Å². The standard InChI is InChI=1S/C21H19FN4O4S2/c1-13-19(20(28)25-32(2,29)30)24-21(31-13)26(17-9-8-14(11-23)10-16(17)22)18(12-27)15-6-4-3-5-7-15/h3-10,18,27H,12H2,1-2H3,(H,25,28). The van der Waals surface area contributed by atoms with E-state index in [0.717, 1.165) is 23.7 Å². The highest BCUT2D eigenvalue weighted by Gasteiger charge is 2.29. The van der Waals surface area contributed by atoms with Gasteiger partial charge in [-0.1, -0.05) is 30.3 Å². The number of carbonyl (C=O) groups excluding carboxylic acids is 1. The maximum atomic E-state index is 15.0. The second-order valence-corrected chi connectivity index (χ2v) is 9.79. The van der Waals surface area contributed by atoms with Gasteiger partial charge in [0.1, 0.15) is 11.5 Å². The van der Waals surface area contributed by atoms with E-state index in [4.69, 9.17) is 5.26 Å². The van der Waals surface area contributed by atoms with Gasteiger partial charge in [-0.15, -0.1) is 11.3 Å². The van der Waals surface area contributed by atoms with Gasteiger partial charge in [0.05, 0.1) is 36.2 Å². The lowest BCUT2D eigenvalue weighted by Gasteiger charge is -2.31. The SMILES string of the molecule is Cc1sc(N(c2ccc(C#N)cc2F)C(CO)c2ccccc2)nc1C(=O)NS(C)(=O)=O. The number of aliphatic hydroxyl groups excluding tert-OH is 1. The fourth-order valence-electron chi connectivity index (χ4n) is 3.10. The number of carbonyl (C=O) groups is 1. The number of hydrogen-bond donors (Lipinski definition) is 2. The van der Waals surface area contributed by atoms with Crippen LogP contribution >= 0.6 is 11.3 Å². The fraction of sp³-hybridized carbons (Fsp3) is 0.190. The second-order valence-electron chi connectivity index (χ2n) is 6.86. The van der Waals surface area contributed by atoms with E-state index in [1.165, 1.54) is 17.0 Å². The zero-order valence-electron chi connectivity index (χ0n) is 17.1. The topological polar surface area (TPSA) is 123 Å². The molecule has 1 aromatic heterocycles. The third-order valence-corrected chi connectivity index (χ3v) is 6.02. The number of anilines is 2. The van der Waals surface area contributed by atoms with E-state index in [0.29, 0.717) is 10.4 Å². The van der Waals surface area contributed by atoms with Crippen molar-refractivity contribution < 1.29 is 22.7 Å². The van der Waals surface area contributed by atoms with Crippen molar-refractivity contribution in [3.05, 3.63) is 76.0 Å². The first-order valence-electron chi connectivity index (χ1n) is 9.29. The molecule has 8 nitrogen and oxygen atoms in total. The number of hydrogen-bond acceptors (Lipinski definition) is 8. The smallest absolute Gasteiger partial charge is 0.284 e. The van der Waals surface area contributed by atoms with Gasteiger partial charge < -0.3 is 10.0 Å². The first kappa shape index (κ1) is 23.3. The van der Waals surface area contributed by atoms with Gasteiger partial charge in [-0.05, 0) is 30.7 Å². The number of sulfonamides is 1. The van der Waals surface area contributed by atoms with Crippen LogP contribution in [0.5, 0.6) is 0 Å². The van der Waals surface area contributed by atoms with Crippen LogP contribution in [0.1, 0.15) is 32.5 Å². The van der Waals surface area contributed by atoms with E-state index in [-0.39, 0.29) is 22.1 Å². The Hall–Kier alpha value is -3.33. The minimum atomic E-state index is -3.81. The molecule has 3 rings (SSSR count). The normalized spacial score (nSPS) is 12.1. The largest absolute Gasteiger partial charge is 0.394 e. The Balaban J connectivity index is 2.17. The van der Waals surface area contributed by atoms with E-state index in [1.807, 2.05) is 10.8 Å². The maximum absolute atomic E-state index is 15.0. The lowest BCUT2D eigenvalue weighted by Crippen LogP contribution is -2.30. The molecule has 0 fully saturated rings. The fourth-order valence-corrected chi connectivity index (χ4v) is 4.50. The Labute approximate surface area is 188 Å².